The molecule has 0 bridgehead atoms. The molecule has 3 heterocycles. The molecule has 2 aliphatic heterocycles. The van der Waals surface area contributed by atoms with Crippen LogP contribution < -0.4 is 9.47 Å². The summed E-state index contributed by atoms with van der Waals surface area (Å²) in [6.07, 6.45) is 3.74. The minimum atomic E-state index is -0.478. The number of likely N-dealkylation sites (tertiary alicyclic amines) is 1. The molecule has 0 spiro atoms. The van der Waals surface area contributed by atoms with Crippen molar-refractivity contribution in [3.8, 4) is 11.5 Å². The maximum atomic E-state index is 13.4. The number of benzene rings is 2. The monoisotopic (exact) mass is 502 g/mol. The van der Waals surface area contributed by atoms with Crippen LogP contribution in [0.1, 0.15) is 69.2 Å². The molecule has 1 saturated heterocycles. The number of rotatable bonds is 5. The highest BCUT2D eigenvalue weighted by Gasteiger charge is 2.50. The highest BCUT2D eigenvalue weighted by atomic mass is 16.7. The molecule has 1 amide bonds. The quantitative estimate of drug-likeness (QED) is 0.473. The number of ketones is 1. The van der Waals surface area contributed by atoms with Crippen molar-refractivity contribution in [3.63, 3.8) is 0 Å². The summed E-state index contributed by atoms with van der Waals surface area (Å²) >= 11 is 0. The van der Waals surface area contributed by atoms with Crippen molar-refractivity contribution < 1.29 is 23.8 Å². The van der Waals surface area contributed by atoms with Crippen LogP contribution in [0.15, 0.2) is 42.5 Å². The van der Waals surface area contributed by atoms with E-state index in [1.807, 2.05) is 43.9 Å². The van der Waals surface area contributed by atoms with Crippen LogP contribution in [0, 0.1) is 0 Å². The second kappa shape index (κ2) is 8.82. The summed E-state index contributed by atoms with van der Waals surface area (Å²) in [7, 11) is 0. The average Bonchev–Trinajstić information content (AvgIpc) is 3.35. The molecular formula is C30H34N2O5. The molecule has 2 fully saturated rings. The first-order chi connectivity index (χ1) is 17.7. The predicted molar refractivity (Wildman–Crippen MR) is 140 cm³/mol. The number of fused-ring (bicyclic) bond motifs is 2. The number of aromatic nitrogens is 1. The van der Waals surface area contributed by atoms with Crippen molar-refractivity contribution >= 4 is 22.8 Å². The molecular weight excluding hydrogens is 468 g/mol. The lowest BCUT2D eigenvalue weighted by Crippen LogP contribution is -2.41. The first-order valence-electron chi connectivity index (χ1n) is 13.2. The van der Waals surface area contributed by atoms with E-state index in [4.69, 9.17) is 14.2 Å². The van der Waals surface area contributed by atoms with Gasteiger partial charge in [0.05, 0.1) is 5.41 Å². The Morgan fingerprint density at radius 1 is 1.03 bits per heavy atom. The molecule has 194 valence electrons. The molecule has 1 aromatic heterocycles. The Morgan fingerprint density at radius 2 is 1.78 bits per heavy atom. The highest BCUT2D eigenvalue weighted by molar-refractivity contribution is 5.95. The molecule has 7 nitrogen and oxygen atoms in total. The molecule has 1 aliphatic carbocycles. The zero-order valence-electron chi connectivity index (χ0n) is 21.8. The predicted octanol–water partition coefficient (Wildman–Crippen LogP) is 5.85. The van der Waals surface area contributed by atoms with Gasteiger partial charge in [-0.25, -0.2) is 4.79 Å². The van der Waals surface area contributed by atoms with E-state index in [2.05, 4.69) is 29.2 Å². The lowest BCUT2D eigenvalue weighted by molar-refractivity contribution is -0.120. The van der Waals surface area contributed by atoms with E-state index in [0.29, 0.717) is 25.4 Å². The Labute approximate surface area is 217 Å². The number of aromatic amines is 1. The van der Waals surface area contributed by atoms with E-state index < -0.39 is 11.0 Å². The molecule has 2 aromatic carbocycles. The Hall–Kier alpha value is -3.48. The Balaban J connectivity index is 1.12. The number of nitrogens with one attached hydrogen (secondary N) is 1. The molecule has 6 rings (SSSR count). The van der Waals surface area contributed by atoms with Gasteiger partial charge in [-0.05, 0) is 93.3 Å². The molecule has 37 heavy (non-hydrogen) atoms. The largest absolute Gasteiger partial charge is 0.454 e. The number of piperidine rings is 1. The van der Waals surface area contributed by atoms with Gasteiger partial charge >= 0.3 is 6.09 Å². The molecule has 0 radical (unpaired) electrons. The van der Waals surface area contributed by atoms with Crippen LogP contribution >= 0.6 is 0 Å². The fourth-order valence-corrected chi connectivity index (χ4v) is 5.64. The Morgan fingerprint density at radius 3 is 2.51 bits per heavy atom. The molecule has 3 aliphatic rings. The maximum Gasteiger partial charge on any atom is 0.410 e. The van der Waals surface area contributed by atoms with Gasteiger partial charge in [0.25, 0.3) is 0 Å². The van der Waals surface area contributed by atoms with Crippen LogP contribution in [0.25, 0.3) is 10.9 Å². The minimum absolute atomic E-state index is 0.230. The minimum Gasteiger partial charge on any atom is -0.454 e. The third-order valence-corrected chi connectivity index (χ3v) is 7.87. The number of carbonyl (C=O) groups is 2. The molecule has 0 atom stereocenters. The van der Waals surface area contributed by atoms with E-state index in [9.17, 15) is 9.59 Å². The summed E-state index contributed by atoms with van der Waals surface area (Å²) in [5, 5.41) is 1.13. The van der Waals surface area contributed by atoms with Crippen LogP contribution in [0.3, 0.4) is 0 Å². The molecule has 1 saturated carbocycles. The van der Waals surface area contributed by atoms with Gasteiger partial charge in [-0.15, -0.1) is 0 Å². The number of hydrogen-bond acceptors (Lipinski definition) is 5. The van der Waals surface area contributed by atoms with Crippen molar-refractivity contribution in [2.75, 3.05) is 19.9 Å². The number of hydrogen-bond donors (Lipinski definition) is 1. The van der Waals surface area contributed by atoms with E-state index in [1.54, 1.807) is 0 Å². The van der Waals surface area contributed by atoms with Crippen molar-refractivity contribution in [1.82, 2.24) is 9.88 Å². The van der Waals surface area contributed by atoms with Gasteiger partial charge in [0.1, 0.15) is 11.4 Å². The van der Waals surface area contributed by atoms with E-state index in [1.165, 1.54) is 5.69 Å². The van der Waals surface area contributed by atoms with Gasteiger partial charge in [-0.2, -0.15) is 0 Å². The lowest BCUT2D eigenvalue weighted by Gasteiger charge is -2.33. The number of Topliss-reactive ketones (excluding diaryl/α,β-unsaturated/α-hetero) is 1. The Bertz CT molecular complexity index is 1360. The summed E-state index contributed by atoms with van der Waals surface area (Å²) in [5.74, 6) is 2.11. The van der Waals surface area contributed by atoms with Gasteiger partial charge < -0.3 is 24.1 Å². The summed E-state index contributed by atoms with van der Waals surface area (Å²) in [6.45, 7) is 7.30. The van der Waals surface area contributed by atoms with E-state index >= 15 is 0 Å². The van der Waals surface area contributed by atoms with Crippen LogP contribution in [0.5, 0.6) is 11.5 Å². The van der Waals surface area contributed by atoms with Gasteiger partial charge in [0.15, 0.2) is 11.5 Å². The number of H-pyrrole nitrogens is 1. The third kappa shape index (κ3) is 4.67. The van der Waals surface area contributed by atoms with Crippen molar-refractivity contribution in [1.29, 1.82) is 0 Å². The SMILES string of the molecule is CC(C)(C)OC(=O)N1CCC(c2cc3cc(CC(=O)C4(c5ccc6c(c5)OCO6)CC4)ccc3[nH]2)CC1. The first-order valence-corrected chi connectivity index (χ1v) is 13.2. The first kappa shape index (κ1) is 23.9. The smallest absolute Gasteiger partial charge is 0.410 e. The zero-order chi connectivity index (χ0) is 25.8. The molecule has 1 N–H and O–H groups in total. The van der Waals surface area contributed by atoms with Crippen molar-refractivity contribution in [2.45, 2.75) is 69.8 Å². The second-order valence-electron chi connectivity index (χ2n) is 11.6. The van der Waals surface area contributed by atoms with Crippen molar-refractivity contribution in [3.05, 3.63) is 59.3 Å². The highest BCUT2D eigenvalue weighted by Crippen LogP contribution is 2.51. The summed E-state index contributed by atoms with van der Waals surface area (Å²) in [5.41, 5.74) is 3.47. The van der Waals surface area contributed by atoms with Gasteiger partial charge in [-0.3, -0.25) is 4.79 Å². The van der Waals surface area contributed by atoms with Gasteiger partial charge in [0, 0.05) is 36.6 Å². The van der Waals surface area contributed by atoms with Crippen LogP contribution in [0.2, 0.25) is 0 Å². The molecule has 0 unspecified atom stereocenters. The average molecular weight is 503 g/mol. The molecule has 7 heteroatoms. The zero-order valence-corrected chi connectivity index (χ0v) is 21.8. The topological polar surface area (TPSA) is 80.9 Å². The summed E-state index contributed by atoms with van der Waals surface area (Å²) in [6, 6.07) is 14.4. The Kier molecular flexibility index (Phi) is 5.70. The summed E-state index contributed by atoms with van der Waals surface area (Å²) in [4.78, 5) is 31.2. The van der Waals surface area contributed by atoms with Gasteiger partial charge in [-0.1, -0.05) is 12.1 Å². The molecule has 3 aromatic rings. The number of amides is 1. The van der Waals surface area contributed by atoms with Crippen LogP contribution in [0.4, 0.5) is 4.79 Å². The van der Waals surface area contributed by atoms with Crippen LogP contribution in [-0.2, 0) is 21.4 Å². The standard InChI is InChI=1S/C30H34N2O5/c1-29(2,3)37-28(34)32-12-8-20(9-13-32)24-16-21-14-19(4-6-23(21)31-24)15-27(33)30(10-11-30)22-5-7-25-26(17-22)36-18-35-25/h4-7,14,16-17,20,31H,8-13,15,18H2,1-3H3. The fourth-order valence-electron chi connectivity index (χ4n) is 5.64. The number of ether oxygens (including phenoxy) is 3. The van der Waals surface area contributed by atoms with Crippen molar-refractivity contribution in [2.24, 2.45) is 0 Å². The fraction of sp³-hybridized carbons (Fsp3) is 0.467. The van der Waals surface area contributed by atoms with E-state index in [-0.39, 0.29) is 18.7 Å². The number of carbonyl (C=O) groups excluding carboxylic acids is 2. The number of nitrogens with zero attached hydrogens (tertiary/aromatic N) is 1. The summed E-state index contributed by atoms with van der Waals surface area (Å²) < 4.78 is 16.5. The third-order valence-electron chi connectivity index (χ3n) is 7.87. The van der Waals surface area contributed by atoms with Crippen LogP contribution in [-0.4, -0.2) is 47.2 Å². The van der Waals surface area contributed by atoms with Gasteiger partial charge in [0.2, 0.25) is 6.79 Å². The lowest BCUT2D eigenvalue weighted by atomic mass is 9.87. The van der Waals surface area contributed by atoms with E-state index in [0.717, 1.165) is 59.2 Å². The second-order valence-corrected chi connectivity index (χ2v) is 11.6. The normalized spacial score (nSPS) is 18.7. The maximum absolute atomic E-state index is 13.4.